The van der Waals surface area contributed by atoms with Crippen molar-refractivity contribution in [3.8, 4) is 12.1 Å². The maximum absolute atomic E-state index is 13.9. The molecule has 0 atom stereocenters. The molecule has 0 unspecified atom stereocenters. The first-order valence-corrected chi connectivity index (χ1v) is 15.4. The Balaban J connectivity index is 0.000000582. The Hall–Kier alpha value is -5.53. The van der Waals surface area contributed by atoms with Gasteiger partial charge in [-0.25, -0.2) is 4.79 Å². The number of hydrogen-bond acceptors (Lipinski definition) is 7. The third kappa shape index (κ3) is 7.54. The monoisotopic (exact) mass is 657 g/mol. The summed E-state index contributed by atoms with van der Waals surface area (Å²) in [6.45, 7) is 6.88. The third-order valence-corrected chi connectivity index (χ3v) is 8.61. The summed E-state index contributed by atoms with van der Waals surface area (Å²) in [5, 5.41) is 27.1. The van der Waals surface area contributed by atoms with Crippen molar-refractivity contribution in [1.82, 2.24) is 14.4 Å². The number of carboxylic acid groups (broad SMARTS) is 1. The molecular formula is C35H34F3N7O3. The number of nitriles is 2. The number of halogens is 3. The number of piperazine rings is 2. The van der Waals surface area contributed by atoms with Crippen molar-refractivity contribution in [3.05, 3.63) is 95.2 Å². The van der Waals surface area contributed by atoms with Gasteiger partial charge in [0, 0.05) is 88.6 Å². The summed E-state index contributed by atoms with van der Waals surface area (Å²) >= 11 is 0. The van der Waals surface area contributed by atoms with Crippen LogP contribution in [0.4, 0.5) is 24.5 Å². The number of aliphatic carboxylic acids is 1. The molecule has 13 heteroatoms. The lowest BCUT2D eigenvalue weighted by molar-refractivity contribution is -0.192. The molecule has 0 aliphatic carbocycles. The zero-order valence-electron chi connectivity index (χ0n) is 26.3. The van der Waals surface area contributed by atoms with E-state index in [0.717, 1.165) is 66.1 Å². The molecule has 2 aliphatic heterocycles. The summed E-state index contributed by atoms with van der Waals surface area (Å²) in [5.41, 5.74) is 6.28. The van der Waals surface area contributed by atoms with E-state index in [0.29, 0.717) is 37.3 Å². The van der Waals surface area contributed by atoms with Crippen molar-refractivity contribution in [2.24, 2.45) is 7.05 Å². The number of carbonyl (C=O) groups is 2. The van der Waals surface area contributed by atoms with Crippen LogP contribution in [0.2, 0.25) is 0 Å². The predicted octanol–water partition coefficient (Wildman–Crippen LogP) is 4.84. The van der Waals surface area contributed by atoms with Crippen LogP contribution in [0.3, 0.4) is 0 Å². The van der Waals surface area contributed by atoms with Crippen LogP contribution in [0.5, 0.6) is 0 Å². The minimum absolute atomic E-state index is 0.0641. The van der Waals surface area contributed by atoms with E-state index in [4.69, 9.17) is 9.90 Å². The van der Waals surface area contributed by atoms with Gasteiger partial charge in [-0.2, -0.15) is 23.7 Å². The number of anilines is 2. The molecule has 3 aromatic carbocycles. The second kappa shape index (κ2) is 14.5. The molecule has 1 N–H and O–H groups in total. The molecular weight excluding hydrogens is 623 g/mol. The second-order valence-corrected chi connectivity index (χ2v) is 11.6. The van der Waals surface area contributed by atoms with Crippen LogP contribution >= 0.6 is 0 Å². The minimum Gasteiger partial charge on any atom is -0.475 e. The molecule has 2 aliphatic rings. The van der Waals surface area contributed by atoms with Gasteiger partial charge in [-0.1, -0.05) is 24.3 Å². The van der Waals surface area contributed by atoms with E-state index in [1.165, 1.54) is 0 Å². The number of nitrogens with zero attached hydrogens (tertiary/aromatic N) is 7. The molecule has 4 aromatic rings. The molecule has 2 saturated heterocycles. The fourth-order valence-electron chi connectivity index (χ4n) is 6.11. The zero-order valence-corrected chi connectivity index (χ0v) is 26.3. The highest BCUT2D eigenvalue weighted by molar-refractivity contribution is 6.07. The summed E-state index contributed by atoms with van der Waals surface area (Å²) in [4.78, 5) is 31.7. The van der Waals surface area contributed by atoms with Gasteiger partial charge in [0.05, 0.1) is 22.5 Å². The first-order chi connectivity index (χ1) is 23.0. The molecule has 1 amide bonds. The number of aromatic nitrogens is 1. The molecule has 0 radical (unpaired) electrons. The van der Waals surface area contributed by atoms with Gasteiger partial charge < -0.3 is 24.4 Å². The molecule has 3 heterocycles. The van der Waals surface area contributed by atoms with Crippen LogP contribution in [0.25, 0.3) is 10.9 Å². The highest BCUT2D eigenvalue weighted by Gasteiger charge is 2.38. The van der Waals surface area contributed by atoms with Crippen LogP contribution in [-0.4, -0.2) is 89.9 Å². The van der Waals surface area contributed by atoms with E-state index in [9.17, 15) is 28.5 Å². The lowest BCUT2D eigenvalue weighted by atomic mass is 10.0. The Morgan fingerprint density at radius 1 is 0.792 bits per heavy atom. The standard InChI is InChI=1S/C33H33N7O.C2HF3O2/c1-36-11-10-28-29(33(41)40-18-16-39(17-19-40)31-9-5-3-7-27(31)23-35)20-25(21-32(28)36)24-37-12-14-38(15-13-37)30-8-4-2-6-26(30)22-34;3-2(4,5)1(6)7/h2-11,20-21H,12-19,24H2,1H3;(H,6,7). The highest BCUT2D eigenvalue weighted by Crippen LogP contribution is 2.27. The average molecular weight is 658 g/mol. The molecule has 48 heavy (non-hydrogen) atoms. The number of benzene rings is 3. The second-order valence-electron chi connectivity index (χ2n) is 11.6. The van der Waals surface area contributed by atoms with Gasteiger partial charge >= 0.3 is 12.1 Å². The van der Waals surface area contributed by atoms with Crippen molar-refractivity contribution in [2.75, 3.05) is 62.2 Å². The molecule has 1 aromatic heterocycles. The molecule has 0 saturated carbocycles. The number of hydrogen-bond donors (Lipinski definition) is 1. The topological polar surface area (TPSA) is 120 Å². The number of carboxylic acids is 1. The highest BCUT2D eigenvalue weighted by atomic mass is 19.4. The van der Waals surface area contributed by atoms with E-state index in [-0.39, 0.29) is 5.91 Å². The summed E-state index contributed by atoms with van der Waals surface area (Å²) in [7, 11) is 2.02. The fourth-order valence-corrected chi connectivity index (χ4v) is 6.11. The maximum Gasteiger partial charge on any atom is 0.490 e. The summed E-state index contributed by atoms with van der Waals surface area (Å²) in [6, 6.07) is 26.4. The van der Waals surface area contributed by atoms with E-state index in [1.807, 2.05) is 72.7 Å². The fraction of sp³-hybridized carbons (Fsp3) is 0.314. The van der Waals surface area contributed by atoms with Crippen LogP contribution in [0, 0.1) is 22.7 Å². The quantitative estimate of drug-likeness (QED) is 0.324. The predicted molar refractivity (Wildman–Crippen MR) is 175 cm³/mol. The number of carbonyl (C=O) groups excluding carboxylic acids is 1. The smallest absolute Gasteiger partial charge is 0.475 e. The Labute approximate surface area is 276 Å². The first-order valence-electron chi connectivity index (χ1n) is 15.4. The summed E-state index contributed by atoms with van der Waals surface area (Å²) in [6.07, 6.45) is -3.06. The molecule has 248 valence electrons. The van der Waals surface area contributed by atoms with Gasteiger partial charge in [-0.05, 0) is 48.0 Å². The SMILES string of the molecule is Cn1ccc2c(C(=O)N3CCN(c4ccccc4C#N)CC3)cc(CN3CCN(c4ccccc4C#N)CC3)cc21.O=C(O)C(F)(F)F. The van der Waals surface area contributed by atoms with Gasteiger partial charge in [0.1, 0.15) is 12.1 Å². The summed E-state index contributed by atoms with van der Waals surface area (Å²) < 4.78 is 33.8. The zero-order chi connectivity index (χ0) is 34.4. The van der Waals surface area contributed by atoms with Crippen molar-refractivity contribution < 1.29 is 27.9 Å². The Morgan fingerprint density at radius 2 is 1.29 bits per heavy atom. The summed E-state index contributed by atoms with van der Waals surface area (Å²) in [5.74, 6) is -2.69. The van der Waals surface area contributed by atoms with Crippen LogP contribution in [-0.2, 0) is 18.4 Å². The van der Waals surface area contributed by atoms with Gasteiger partial charge in [0.15, 0.2) is 0 Å². The molecule has 2 fully saturated rings. The van der Waals surface area contributed by atoms with E-state index in [2.05, 4.69) is 43.5 Å². The number of alkyl halides is 3. The Kier molecular flexibility index (Phi) is 10.2. The maximum atomic E-state index is 13.9. The average Bonchev–Trinajstić information content (AvgIpc) is 3.47. The number of fused-ring (bicyclic) bond motifs is 1. The van der Waals surface area contributed by atoms with Gasteiger partial charge in [-0.15, -0.1) is 0 Å². The minimum atomic E-state index is -5.08. The van der Waals surface area contributed by atoms with Crippen molar-refractivity contribution in [2.45, 2.75) is 12.7 Å². The molecule has 0 spiro atoms. The largest absolute Gasteiger partial charge is 0.490 e. The van der Waals surface area contributed by atoms with Crippen LogP contribution in [0.1, 0.15) is 27.0 Å². The van der Waals surface area contributed by atoms with Crippen LogP contribution < -0.4 is 9.80 Å². The number of para-hydroxylation sites is 2. The number of rotatable bonds is 5. The molecule has 0 bridgehead atoms. The Bertz CT molecular complexity index is 1880. The van der Waals surface area contributed by atoms with Crippen molar-refractivity contribution in [3.63, 3.8) is 0 Å². The van der Waals surface area contributed by atoms with Gasteiger partial charge in [0.2, 0.25) is 0 Å². The van der Waals surface area contributed by atoms with Crippen LogP contribution in [0.15, 0.2) is 72.9 Å². The van der Waals surface area contributed by atoms with E-state index in [1.54, 1.807) is 0 Å². The normalized spacial score (nSPS) is 15.3. The van der Waals surface area contributed by atoms with Crippen molar-refractivity contribution in [1.29, 1.82) is 10.5 Å². The molecule has 6 rings (SSSR count). The number of amides is 1. The molecule has 10 nitrogen and oxygen atoms in total. The van der Waals surface area contributed by atoms with E-state index < -0.39 is 12.1 Å². The van der Waals surface area contributed by atoms with E-state index >= 15 is 0 Å². The Morgan fingerprint density at radius 3 is 1.79 bits per heavy atom. The van der Waals surface area contributed by atoms with Crippen molar-refractivity contribution >= 4 is 34.2 Å². The third-order valence-electron chi connectivity index (χ3n) is 8.61. The van der Waals surface area contributed by atoms with Gasteiger partial charge in [0.25, 0.3) is 5.91 Å². The lowest BCUT2D eigenvalue weighted by Crippen LogP contribution is -2.49. The first kappa shape index (κ1) is 33.8. The number of aryl methyl sites for hydroxylation is 1. The van der Waals surface area contributed by atoms with Gasteiger partial charge in [-0.3, -0.25) is 9.69 Å². The lowest BCUT2D eigenvalue weighted by Gasteiger charge is -2.37.